The van der Waals surface area contributed by atoms with E-state index < -0.39 is 5.97 Å². The monoisotopic (exact) mass is 486 g/mol. The third kappa shape index (κ3) is 7.43. The summed E-state index contributed by atoms with van der Waals surface area (Å²) in [7, 11) is 0. The third-order valence-corrected chi connectivity index (χ3v) is 7.55. The van der Waals surface area contributed by atoms with Crippen molar-refractivity contribution in [3.8, 4) is 11.8 Å². The Hall–Kier alpha value is -2.14. The number of nitrogens with zero attached hydrogens (tertiary/aromatic N) is 1. The van der Waals surface area contributed by atoms with E-state index >= 15 is 0 Å². The molecule has 1 aliphatic carbocycles. The van der Waals surface area contributed by atoms with Crippen molar-refractivity contribution in [3.05, 3.63) is 27.0 Å². The van der Waals surface area contributed by atoms with Gasteiger partial charge in [0.1, 0.15) is 4.88 Å². The fourth-order valence-electron chi connectivity index (χ4n) is 4.65. The maximum absolute atomic E-state index is 12.0. The maximum atomic E-state index is 12.0. The molecule has 0 spiro atoms. The molecule has 34 heavy (non-hydrogen) atoms. The number of carbonyl (C=O) groups excluding carboxylic acids is 1. The van der Waals surface area contributed by atoms with Crippen molar-refractivity contribution in [3.63, 3.8) is 0 Å². The minimum absolute atomic E-state index is 0.143. The Morgan fingerprint density at radius 1 is 1.29 bits per heavy atom. The Morgan fingerprint density at radius 3 is 2.56 bits per heavy atom. The van der Waals surface area contributed by atoms with Crippen molar-refractivity contribution in [1.82, 2.24) is 10.2 Å². The number of thiophene rings is 1. The molecule has 0 bridgehead atoms. The number of hydrogen-bond acceptors (Lipinski definition) is 5. The summed E-state index contributed by atoms with van der Waals surface area (Å²) in [4.78, 5) is 26.4. The number of ether oxygens (including phenoxy) is 1. The van der Waals surface area contributed by atoms with E-state index in [1.165, 1.54) is 29.8 Å². The van der Waals surface area contributed by atoms with Gasteiger partial charge in [0.15, 0.2) is 0 Å². The number of rotatable bonds is 4. The van der Waals surface area contributed by atoms with Gasteiger partial charge in [0.05, 0.1) is 18.2 Å². The second-order valence-electron chi connectivity index (χ2n) is 10.5. The summed E-state index contributed by atoms with van der Waals surface area (Å²) in [6.07, 6.45) is 6.47. The summed E-state index contributed by atoms with van der Waals surface area (Å²) in [5, 5.41) is 12.8. The minimum Gasteiger partial charge on any atom is -0.477 e. The quantitative estimate of drug-likeness (QED) is 0.470. The van der Waals surface area contributed by atoms with Crippen molar-refractivity contribution >= 4 is 29.3 Å². The van der Waals surface area contributed by atoms with Crippen LogP contribution in [0.4, 0.5) is 0 Å². The number of carbonyl (C=O) groups is 2. The Kier molecular flexibility index (Phi) is 9.35. The van der Waals surface area contributed by atoms with Crippen molar-refractivity contribution in [1.29, 1.82) is 0 Å². The van der Waals surface area contributed by atoms with Crippen LogP contribution in [0.25, 0.3) is 5.57 Å². The summed E-state index contributed by atoms with van der Waals surface area (Å²) in [5.41, 5.74) is 3.03. The van der Waals surface area contributed by atoms with Crippen LogP contribution in [0.15, 0.2) is 11.6 Å². The number of nitrogens with one attached hydrogen (secondary N) is 1. The van der Waals surface area contributed by atoms with Crippen LogP contribution in [0.5, 0.6) is 0 Å². The fraction of sp³-hybridized carbons (Fsp3) is 0.630. The van der Waals surface area contributed by atoms with Crippen molar-refractivity contribution in [2.24, 2.45) is 17.3 Å². The van der Waals surface area contributed by atoms with Crippen LogP contribution < -0.4 is 5.32 Å². The van der Waals surface area contributed by atoms with Gasteiger partial charge in [-0.1, -0.05) is 37.2 Å². The Labute approximate surface area is 207 Å². The number of amides is 1. The largest absolute Gasteiger partial charge is 0.477 e. The third-order valence-electron chi connectivity index (χ3n) is 6.51. The van der Waals surface area contributed by atoms with Crippen LogP contribution in [0.1, 0.15) is 79.9 Å². The first kappa shape index (κ1) is 26.5. The predicted molar refractivity (Wildman–Crippen MR) is 137 cm³/mol. The van der Waals surface area contributed by atoms with Crippen LogP contribution >= 0.6 is 11.3 Å². The van der Waals surface area contributed by atoms with Crippen LogP contribution in [0, 0.1) is 29.1 Å². The number of hydrogen-bond donors (Lipinski definition) is 2. The zero-order chi connectivity index (χ0) is 24.7. The lowest BCUT2D eigenvalue weighted by molar-refractivity contribution is -0.117. The molecule has 7 heteroatoms. The van der Waals surface area contributed by atoms with E-state index in [9.17, 15) is 14.7 Å². The molecule has 0 unspecified atom stereocenters. The van der Waals surface area contributed by atoms with Gasteiger partial charge in [0.25, 0.3) is 0 Å². The zero-order valence-electron chi connectivity index (χ0n) is 20.9. The van der Waals surface area contributed by atoms with E-state index in [0.717, 1.165) is 74.0 Å². The molecule has 4 rings (SSSR count). The molecule has 2 fully saturated rings. The summed E-state index contributed by atoms with van der Waals surface area (Å²) < 4.78 is 4.83. The average molecular weight is 487 g/mol. The highest BCUT2D eigenvalue weighted by atomic mass is 32.1. The van der Waals surface area contributed by atoms with Crippen molar-refractivity contribution < 1.29 is 19.4 Å². The van der Waals surface area contributed by atoms with Crippen LogP contribution in [0.3, 0.4) is 0 Å². The Balaban J connectivity index is 0.000000574. The van der Waals surface area contributed by atoms with Gasteiger partial charge in [-0.25, -0.2) is 4.79 Å². The summed E-state index contributed by atoms with van der Waals surface area (Å²) in [6, 6.07) is 1.93. The van der Waals surface area contributed by atoms with E-state index in [4.69, 9.17) is 4.74 Å². The lowest BCUT2D eigenvalue weighted by Gasteiger charge is -2.35. The average Bonchev–Trinajstić information content (AvgIpc) is 3.51. The molecule has 1 aromatic heterocycles. The molecule has 2 N–H and O–H groups in total. The molecule has 2 aliphatic heterocycles. The van der Waals surface area contributed by atoms with Gasteiger partial charge in [-0.15, -0.1) is 11.3 Å². The second-order valence-corrected chi connectivity index (χ2v) is 11.5. The van der Waals surface area contributed by atoms with E-state index in [-0.39, 0.29) is 5.41 Å². The lowest BCUT2D eigenvalue weighted by Crippen LogP contribution is -2.32. The van der Waals surface area contributed by atoms with E-state index in [1.807, 2.05) is 26.8 Å². The first-order valence-electron chi connectivity index (χ1n) is 12.3. The summed E-state index contributed by atoms with van der Waals surface area (Å²) >= 11 is 1.25. The van der Waals surface area contributed by atoms with Gasteiger partial charge in [-0.05, 0) is 63.5 Å². The molecule has 1 aromatic rings. The first-order valence-corrected chi connectivity index (χ1v) is 13.1. The molecular formula is C27H38N2O4S. The molecule has 186 valence electrons. The van der Waals surface area contributed by atoms with Crippen molar-refractivity contribution in [2.75, 3.05) is 33.0 Å². The van der Waals surface area contributed by atoms with E-state index in [0.29, 0.717) is 17.3 Å². The SMILES string of the molecule is C1COCN1.CC1CCC(C2=C(c3cc(C#CC(C)(C)C)sc3C(=O)O)CN(C=O)CC2)CC1. The van der Waals surface area contributed by atoms with Crippen LogP contribution in [0.2, 0.25) is 0 Å². The zero-order valence-corrected chi connectivity index (χ0v) is 21.7. The van der Waals surface area contributed by atoms with E-state index in [1.54, 1.807) is 4.90 Å². The van der Waals surface area contributed by atoms with E-state index in [2.05, 4.69) is 24.1 Å². The Morgan fingerprint density at radius 2 is 2.03 bits per heavy atom. The van der Waals surface area contributed by atoms with Gasteiger partial charge in [-0.3, -0.25) is 10.1 Å². The number of aromatic carboxylic acids is 1. The number of carboxylic acids is 1. The highest BCUT2D eigenvalue weighted by molar-refractivity contribution is 7.14. The van der Waals surface area contributed by atoms with Gasteiger partial charge in [0.2, 0.25) is 6.41 Å². The van der Waals surface area contributed by atoms with Gasteiger partial charge >= 0.3 is 5.97 Å². The van der Waals surface area contributed by atoms with Crippen molar-refractivity contribution in [2.45, 2.75) is 59.8 Å². The smallest absolute Gasteiger partial charge is 0.346 e. The fourth-order valence-corrected chi connectivity index (χ4v) is 5.53. The molecule has 0 aromatic carbocycles. The van der Waals surface area contributed by atoms with Gasteiger partial charge in [0, 0.05) is 30.6 Å². The molecule has 3 aliphatic rings. The topological polar surface area (TPSA) is 78.9 Å². The molecule has 0 atom stereocenters. The second kappa shape index (κ2) is 12.0. The normalized spacial score (nSPS) is 23.0. The molecule has 0 radical (unpaired) electrons. The predicted octanol–water partition coefficient (Wildman–Crippen LogP) is 4.85. The minimum atomic E-state index is -0.916. The molecule has 1 saturated heterocycles. The van der Waals surface area contributed by atoms with Crippen LogP contribution in [-0.2, 0) is 9.53 Å². The molecule has 6 nitrogen and oxygen atoms in total. The first-order chi connectivity index (χ1) is 16.2. The highest BCUT2D eigenvalue weighted by Crippen LogP contribution is 2.41. The summed E-state index contributed by atoms with van der Waals surface area (Å²) in [6.45, 7) is 12.3. The molecule has 1 saturated carbocycles. The van der Waals surface area contributed by atoms with Crippen LogP contribution in [-0.4, -0.2) is 55.4 Å². The number of carboxylic acid groups (broad SMARTS) is 1. The molecule has 3 heterocycles. The lowest BCUT2D eigenvalue weighted by atomic mass is 9.75. The molecule has 1 amide bonds. The highest BCUT2D eigenvalue weighted by Gasteiger charge is 2.30. The van der Waals surface area contributed by atoms with Gasteiger partial charge in [-0.2, -0.15) is 0 Å². The maximum Gasteiger partial charge on any atom is 0.346 e. The standard InChI is InChI=1S/C24H31NO3S.C3H7NO/c1-16-5-7-17(8-6-16)19-10-12-25(15-26)14-21(19)20-13-18(9-11-24(2,3)4)29-22(20)23(27)28;1-2-5-3-4-1/h13,15-17H,5-8,10,12,14H2,1-4H3,(H,27,28);4H,1-3H2. The van der Waals surface area contributed by atoms with Gasteiger partial charge < -0.3 is 14.7 Å². The Bertz CT molecular complexity index is 944. The summed E-state index contributed by atoms with van der Waals surface area (Å²) in [5.74, 6) is 6.72. The molecular weight excluding hydrogens is 448 g/mol.